The van der Waals surface area contributed by atoms with Crippen LogP contribution in [-0.4, -0.2) is 221 Å². The smallest absolute Gasteiger partial charge is 0.187 e. The van der Waals surface area contributed by atoms with Gasteiger partial charge in [-0.05, 0) is 0 Å². The first-order valence-corrected chi connectivity index (χ1v) is 14.1. The summed E-state index contributed by atoms with van der Waals surface area (Å²) < 4.78 is 37.7. The van der Waals surface area contributed by atoms with Crippen LogP contribution in [0.1, 0.15) is 0 Å². The minimum atomic E-state index is -2.02. The maximum Gasteiger partial charge on any atom is 0.187 e. The minimum Gasteiger partial charge on any atom is -0.394 e. The van der Waals surface area contributed by atoms with Gasteiger partial charge in [-0.25, -0.2) is 0 Å². The predicted molar refractivity (Wildman–Crippen MR) is 134 cm³/mol. The molecular weight excluding hydrogens is 624 g/mol. The molecule has 4 aliphatic rings. The summed E-state index contributed by atoms with van der Waals surface area (Å²) in [5.74, 6) is 0. The standard InChI is InChI=1S/C24H42O21/c25-1-5-9(29)10(30)15(35)22(40-5)44-19-7(3-27)42-24(17(37)12(19)32)45-20-8(4-28)41-23(16(36)13(20)33)43-18-6(2-26)39-21(38)14(34)11(18)31/h5-38H,1-4H2/t5?,6?,7?,8?,9-,10+,11-,12-,13-,14?,15?,16?,17?,18-,19-,20-,21-,22-,23-,24-/m1/s1. The molecule has 0 aromatic rings. The third kappa shape index (κ3) is 7.44. The van der Waals surface area contributed by atoms with Crippen molar-refractivity contribution in [3.63, 3.8) is 0 Å². The Morgan fingerprint density at radius 2 is 0.644 bits per heavy atom. The number of hydrogen-bond acceptors (Lipinski definition) is 21. The van der Waals surface area contributed by atoms with Crippen LogP contribution in [0.4, 0.5) is 0 Å². The molecule has 20 atom stereocenters. The highest BCUT2D eigenvalue weighted by Gasteiger charge is 2.55. The molecule has 0 radical (unpaired) electrons. The van der Waals surface area contributed by atoms with Crippen LogP contribution in [0.25, 0.3) is 0 Å². The lowest BCUT2D eigenvalue weighted by molar-refractivity contribution is -0.387. The van der Waals surface area contributed by atoms with E-state index in [9.17, 15) is 71.5 Å². The van der Waals surface area contributed by atoms with E-state index in [0.29, 0.717) is 0 Å². The van der Waals surface area contributed by atoms with E-state index in [0.717, 1.165) is 0 Å². The van der Waals surface area contributed by atoms with Crippen LogP contribution < -0.4 is 0 Å². The van der Waals surface area contributed by atoms with Gasteiger partial charge in [-0.15, -0.1) is 0 Å². The van der Waals surface area contributed by atoms with Crippen molar-refractivity contribution in [1.82, 2.24) is 0 Å². The Balaban J connectivity index is 1.43. The molecule has 0 amide bonds. The third-order valence-electron chi connectivity index (χ3n) is 8.20. The Hall–Kier alpha value is -0.840. The van der Waals surface area contributed by atoms with E-state index in [2.05, 4.69) is 0 Å². The molecule has 0 aliphatic carbocycles. The van der Waals surface area contributed by atoms with Gasteiger partial charge in [-0.3, -0.25) is 0 Å². The molecule has 4 heterocycles. The lowest BCUT2D eigenvalue weighted by Crippen LogP contribution is -2.67. The highest BCUT2D eigenvalue weighted by Crippen LogP contribution is 2.34. The van der Waals surface area contributed by atoms with Gasteiger partial charge in [0, 0.05) is 0 Å². The molecule has 14 N–H and O–H groups in total. The van der Waals surface area contributed by atoms with Crippen LogP contribution in [-0.2, 0) is 33.2 Å². The molecular formula is C24H42O21. The van der Waals surface area contributed by atoms with Crippen molar-refractivity contribution in [2.45, 2.75) is 123 Å². The second kappa shape index (κ2) is 15.6. The van der Waals surface area contributed by atoms with Crippen molar-refractivity contribution in [3.8, 4) is 0 Å². The van der Waals surface area contributed by atoms with Gasteiger partial charge in [0.25, 0.3) is 0 Å². The number of rotatable bonds is 10. The summed E-state index contributed by atoms with van der Waals surface area (Å²) in [5, 5.41) is 142. The van der Waals surface area contributed by atoms with Gasteiger partial charge in [0.15, 0.2) is 25.2 Å². The first-order chi connectivity index (χ1) is 21.3. The summed E-state index contributed by atoms with van der Waals surface area (Å²) in [6.07, 6.45) is -35.3. The van der Waals surface area contributed by atoms with Crippen molar-refractivity contribution in [3.05, 3.63) is 0 Å². The zero-order valence-electron chi connectivity index (χ0n) is 23.5. The highest BCUT2D eigenvalue weighted by molar-refractivity contribution is 4.97. The highest BCUT2D eigenvalue weighted by atomic mass is 16.8. The van der Waals surface area contributed by atoms with Crippen LogP contribution in [0.3, 0.4) is 0 Å². The molecule has 21 nitrogen and oxygen atoms in total. The number of aliphatic hydroxyl groups is 14. The van der Waals surface area contributed by atoms with Gasteiger partial charge in [0.2, 0.25) is 0 Å². The van der Waals surface area contributed by atoms with Crippen LogP contribution in [0, 0.1) is 0 Å². The second-order valence-corrected chi connectivity index (χ2v) is 11.1. The molecule has 0 aromatic carbocycles. The Kier molecular flexibility index (Phi) is 12.8. The fraction of sp³-hybridized carbons (Fsp3) is 1.00. The second-order valence-electron chi connectivity index (χ2n) is 11.1. The quantitative estimate of drug-likeness (QED) is 0.103. The molecule has 4 aliphatic heterocycles. The van der Waals surface area contributed by atoms with Crippen molar-refractivity contribution in [2.75, 3.05) is 26.4 Å². The van der Waals surface area contributed by atoms with E-state index >= 15 is 0 Å². The van der Waals surface area contributed by atoms with E-state index in [-0.39, 0.29) is 0 Å². The number of ether oxygens (including phenoxy) is 7. The fourth-order valence-electron chi connectivity index (χ4n) is 5.55. The van der Waals surface area contributed by atoms with Crippen molar-refractivity contribution in [2.24, 2.45) is 0 Å². The molecule has 4 fully saturated rings. The molecule has 21 heteroatoms. The van der Waals surface area contributed by atoms with Crippen molar-refractivity contribution in [1.29, 1.82) is 0 Å². The summed E-state index contributed by atoms with van der Waals surface area (Å²) in [7, 11) is 0. The zero-order valence-corrected chi connectivity index (χ0v) is 23.5. The Morgan fingerprint density at radius 3 is 1.02 bits per heavy atom. The normalized spacial score (nSPS) is 52.9. The van der Waals surface area contributed by atoms with Gasteiger partial charge >= 0.3 is 0 Å². The van der Waals surface area contributed by atoms with E-state index < -0.39 is 149 Å². The molecule has 0 spiro atoms. The van der Waals surface area contributed by atoms with E-state index in [1.807, 2.05) is 0 Å². The SMILES string of the molecule is OCC1O[C@H](O[C@@H]2C(CO)O[C@H](O[C@@H]3C(CO)O[C@H](O[C@@H]4C(CO)O[C@@H](O)C(O)[C@H]4O)C(O)[C@H]3O)C(O)[C@H]2O)C(O)[C@@H](O)[C@@H]1O. The number of hydrogen-bond donors (Lipinski definition) is 14. The lowest BCUT2D eigenvalue weighted by Gasteiger charge is -2.49. The van der Waals surface area contributed by atoms with Crippen LogP contribution in [0.2, 0.25) is 0 Å². The molecule has 4 saturated heterocycles. The zero-order chi connectivity index (χ0) is 33.3. The van der Waals surface area contributed by atoms with E-state index in [4.69, 9.17) is 33.2 Å². The average Bonchev–Trinajstić information content (AvgIpc) is 3.03. The Morgan fingerprint density at radius 1 is 0.333 bits per heavy atom. The molecule has 0 bridgehead atoms. The molecule has 0 saturated carbocycles. The molecule has 8 unspecified atom stereocenters. The van der Waals surface area contributed by atoms with Gasteiger partial charge in [0.05, 0.1) is 26.4 Å². The van der Waals surface area contributed by atoms with Crippen molar-refractivity contribution < 1.29 is 105 Å². The maximum absolute atomic E-state index is 10.9. The largest absolute Gasteiger partial charge is 0.394 e. The van der Waals surface area contributed by atoms with Gasteiger partial charge in [-0.1, -0.05) is 0 Å². The van der Waals surface area contributed by atoms with E-state index in [1.165, 1.54) is 0 Å². The summed E-state index contributed by atoms with van der Waals surface area (Å²) in [5.41, 5.74) is 0. The van der Waals surface area contributed by atoms with E-state index in [1.54, 1.807) is 0 Å². The molecule has 0 aromatic heterocycles. The van der Waals surface area contributed by atoms with Crippen molar-refractivity contribution >= 4 is 0 Å². The van der Waals surface area contributed by atoms with Crippen LogP contribution in [0.15, 0.2) is 0 Å². The first kappa shape index (κ1) is 37.0. The van der Waals surface area contributed by atoms with Gasteiger partial charge < -0.3 is 105 Å². The Labute approximate surface area is 254 Å². The monoisotopic (exact) mass is 666 g/mol. The summed E-state index contributed by atoms with van der Waals surface area (Å²) in [6.45, 7) is -3.39. The summed E-state index contributed by atoms with van der Waals surface area (Å²) in [4.78, 5) is 0. The summed E-state index contributed by atoms with van der Waals surface area (Å²) >= 11 is 0. The average molecular weight is 667 g/mol. The van der Waals surface area contributed by atoms with Gasteiger partial charge in [-0.2, -0.15) is 0 Å². The predicted octanol–water partition coefficient (Wildman–Crippen LogP) is -9.75. The topological polar surface area (TPSA) is 348 Å². The molecule has 45 heavy (non-hydrogen) atoms. The Bertz CT molecular complexity index is 910. The van der Waals surface area contributed by atoms with Crippen LogP contribution >= 0.6 is 0 Å². The molecule has 4 rings (SSSR count). The van der Waals surface area contributed by atoms with Gasteiger partial charge in [0.1, 0.15) is 97.7 Å². The lowest BCUT2D eigenvalue weighted by atomic mass is 9.95. The fourth-order valence-corrected chi connectivity index (χ4v) is 5.55. The first-order valence-electron chi connectivity index (χ1n) is 14.1. The third-order valence-corrected chi connectivity index (χ3v) is 8.20. The maximum atomic E-state index is 10.9. The minimum absolute atomic E-state index is 0.784. The number of aliphatic hydroxyl groups excluding tert-OH is 14. The molecule has 264 valence electrons. The van der Waals surface area contributed by atoms with Crippen LogP contribution in [0.5, 0.6) is 0 Å². The summed E-state index contributed by atoms with van der Waals surface area (Å²) in [6, 6.07) is 0.